The summed E-state index contributed by atoms with van der Waals surface area (Å²) in [5, 5.41) is 10.7. The van der Waals surface area contributed by atoms with E-state index in [9.17, 15) is 5.11 Å². The summed E-state index contributed by atoms with van der Waals surface area (Å²) in [6.45, 7) is 6.61. The highest BCUT2D eigenvalue weighted by molar-refractivity contribution is 4.98. The van der Waals surface area contributed by atoms with Gasteiger partial charge in [0.1, 0.15) is 0 Å². The highest BCUT2D eigenvalue weighted by Gasteiger charge is 2.42. The molecule has 3 nitrogen and oxygen atoms in total. The molecule has 0 spiro atoms. The number of nitrogens with zero attached hydrogens (tertiary/aromatic N) is 2. The maximum atomic E-state index is 10.7. The molecule has 2 heterocycles. The van der Waals surface area contributed by atoms with Crippen LogP contribution in [0, 0.1) is 0 Å². The van der Waals surface area contributed by atoms with Crippen molar-refractivity contribution < 1.29 is 5.11 Å². The summed E-state index contributed by atoms with van der Waals surface area (Å²) in [4.78, 5) is 4.78. The van der Waals surface area contributed by atoms with Gasteiger partial charge in [0, 0.05) is 19.1 Å². The van der Waals surface area contributed by atoms with Gasteiger partial charge >= 0.3 is 0 Å². The third-order valence-electron chi connectivity index (χ3n) is 4.31. The molecule has 0 aromatic carbocycles. The van der Waals surface area contributed by atoms with E-state index < -0.39 is 5.60 Å². The predicted octanol–water partition coefficient (Wildman–Crippen LogP) is 0.927. The summed E-state index contributed by atoms with van der Waals surface area (Å²) in [7, 11) is 2.15. The van der Waals surface area contributed by atoms with Crippen molar-refractivity contribution in [3.63, 3.8) is 0 Å². The Morgan fingerprint density at radius 3 is 2.40 bits per heavy atom. The molecule has 0 amide bonds. The van der Waals surface area contributed by atoms with Gasteiger partial charge in [-0.05, 0) is 45.8 Å². The second-order valence-electron chi connectivity index (χ2n) is 5.18. The van der Waals surface area contributed by atoms with Gasteiger partial charge in [-0.2, -0.15) is 0 Å². The van der Waals surface area contributed by atoms with Crippen molar-refractivity contribution in [3.8, 4) is 0 Å². The second-order valence-corrected chi connectivity index (χ2v) is 5.18. The summed E-state index contributed by atoms with van der Waals surface area (Å²) in [5.74, 6) is 0. The van der Waals surface area contributed by atoms with Crippen LogP contribution in [0.1, 0.15) is 32.6 Å². The van der Waals surface area contributed by atoms with Crippen molar-refractivity contribution >= 4 is 0 Å². The number of hydrogen-bond acceptors (Lipinski definition) is 3. The Kier molecular flexibility index (Phi) is 3.33. The topological polar surface area (TPSA) is 26.7 Å². The Bertz CT molecular complexity index is 212. The molecule has 2 aliphatic rings. The van der Waals surface area contributed by atoms with Crippen LogP contribution in [0.25, 0.3) is 0 Å². The quantitative estimate of drug-likeness (QED) is 0.737. The van der Waals surface area contributed by atoms with Crippen LogP contribution in [0.5, 0.6) is 0 Å². The Labute approximate surface area is 93.1 Å². The average Bonchev–Trinajstić information content (AvgIpc) is 2.66. The van der Waals surface area contributed by atoms with E-state index in [0.29, 0.717) is 6.04 Å². The lowest BCUT2D eigenvalue weighted by Gasteiger charge is -2.43. The molecule has 2 saturated heterocycles. The van der Waals surface area contributed by atoms with Crippen LogP contribution in [0.15, 0.2) is 0 Å². The maximum Gasteiger partial charge on any atom is 0.0826 e. The van der Waals surface area contributed by atoms with Gasteiger partial charge in [0.25, 0.3) is 0 Å². The van der Waals surface area contributed by atoms with E-state index in [1.807, 2.05) is 0 Å². The predicted molar refractivity (Wildman–Crippen MR) is 61.9 cm³/mol. The second kappa shape index (κ2) is 4.40. The fourth-order valence-corrected chi connectivity index (χ4v) is 3.18. The molecule has 0 aromatic heterocycles. The van der Waals surface area contributed by atoms with E-state index in [4.69, 9.17) is 0 Å². The van der Waals surface area contributed by atoms with Gasteiger partial charge < -0.3 is 14.9 Å². The number of likely N-dealkylation sites (tertiary alicyclic amines) is 2. The smallest absolute Gasteiger partial charge is 0.0826 e. The number of piperidine rings is 1. The molecule has 0 saturated carbocycles. The summed E-state index contributed by atoms with van der Waals surface area (Å²) < 4.78 is 0. The van der Waals surface area contributed by atoms with Gasteiger partial charge in [0.05, 0.1) is 5.60 Å². The summed E-state index contributed by atoms with van der Waals surface area (Å²) in [6, 6.07) is 0.413. The molecule has 0 unspecified atom stereocenters. The Morgan fingerprint density at radius 1 is 1.27 bits per heavy atom. The summed E-state index contributed by atoms with van der Waals surface area (Å²) >= 11 is 0. The normalized spacial score (nSPS) is 33.4. The highest BCUT2D eigenvalue weighted by Crippen LogP contribution is 2.33. The molecule has 0 aliphatic carbocycles. The van der Waals surface area contributed by atoms with Gasteiger partial charge in [-0.1, -0.05) is 6.92 Å². The maximum absolute atomic E-state index is 10.7. The molecule has 3 heteroatoms. The van der Waals surface area contributed by atoms with E-state index >= 15 is 0 Å². The summed E-state index contributed by atoms with van der Waals surface area (Å²) in [6.07, 6.45) is 4.34. The van der Waals surface area contributed by atoms with Crippen LogP contribution in [0.4, 0.5) is 0 Å². The van der Waals surface area contributed by atoms with E-state index in [1.54, 1.807) is 0 Å². The number of rotatable bonds is 2. The van der Waals surface area contributed by atoms with Gasteiger partial charge in [-0.25, -0.2) is 0 Å². The van der Waals surface area contributed by atoms with Crippen LogP contribution in [0.3, 0.4) is 0 Å². The summed E-state index contributed by atoms with van der Waals surface area (Å²) in [5.41, 5.74) is -0.406. The van der Waals surface area contributed by atoms with Gasteiger partial charge in [-0.15, -0.1) is 0 Å². The zero-order chi connectivity index (χ0) is 10.9. The first-order valence-electron chi connectivity index (χ1n) is 6.31. The fraction of sp³-hybridized carbons (Fsp3) is 1.00. The number of likely N-dealkylation sites (N-methyl/N-ethyl adjacent to an activating group) is 1. The molecule has 2 aliphatic heterocycles. The van der Waals surface area contributed by atoms with E-state index in [1.165, 1.54) is 12.8 Å². The van der Waals surface area contributed by atoms with Crippen LogP contribution in [-0.4, -0.2) is 59.8 Å². The molecule has 1 N–H and O–H groups in total. The Balaban J connectivity index is 1.96. The lowest BCUT2D eigenvalue weighted by molar-refractivity contribution is -0.0699. The molecule has 15 heavy (non-hydrogen) atoms. The van der Waals surface area contributed by atoms with Crippen molar-refractivity contribution in [2.24, 2.45) is 0 Å². The van der Waals surface area contributed by atoms with Crippen molar-refractivity contribution in [2.45, 2.75) is 44.2 Å². The first-order valence-corrected chi connectivity index (χ1v) is 6.31. The first-order chi connectivity index (χ1) is 7.15. The number of aliphatic hydroxyl groups is 1. The monoisotopic (exact) mass is 212 g/mol. The molecular formula is C12H24N2O. The van der Waals surface area contributed by atoms with Gasteiger partial charge in [0.2, 0.25) is 0 Å². The molecule has 0 aromatic rings. The first kappa shape index (κ1) is 11.4. The molecule has 2 rings (SSSR count). The molecule has 88 valence electrons. The fourth-order valence-electron chi connectivity index (χ4n) is 3.18. The molecule has 2 fully saturated rings. The Morgan fingerprint density at radius 2 is 1.93 bits per heavy atom. The highest BCUT2D eigenvalue weighted by atomic mass is 16.3. The minimum absolute atomic E-state index is 0.406. The zero-order valence-corrected chi connectivity index (χ0v) is 10.1. The largest absolute Gasteiger partial charge is 0.388 e. The van der Waals surface area contributed by atoms with Gasteiger partial charge in [-0.3, -0.25) is 0 Å². The lowest BCUT2D eigenvalue weighted by Crippen LogP contribution is -2.54. The molecular weight excluding hydrogens is 188 g/mol. The van der Waals surface area contributed by atoms with Crippen molar-refractivity contribution in [1.29, 1.82) is 0 Å². The number of hydrogen-bond donors (Lipinski definition) is 1. The third-order valence-corrected chi connectivity index (χ3v) is 4.31. The minimum Gasteiger partial charge on any atom is -0.388 e. The van der Waals surface area contributed by atoms with Crippen LogP contribution in [-0.2, 0) is 0 Å². The molecule has 1 atom stereocenters. The average molecular weight is 212 g/mol. The van der Waals surface area contributed by atoms with Crippen LogP contribution < -0.4 is 0 Å². The zero-order valence-electron chi connectivity index (χ0n) is 10.1. The molecule has 0 radical (unpaired) electrons. The van der Waals surface area contributed by atoms with Crippen molar-refractivity contribution in [1.82, 2.24) is 9.80 Å². The van der Waals surface area contributed by atoms with Crippen LogP contribution in [0.2, 0.25) is 0 Å². The van der Waals surface area contributed by atoms with E-state index in [2.05, 4.69) is 23.8 Å². The SMILES string of the molecule is CCN1CCC(O)([C@H]2CCCN2C)CC1. The third kappa shape index (κ3) is 2.19. The van der Waals surface area contributed by atoms with Crippen molar-refractivity contribution in [2.75, 3.05) is 33.2 Å². The minimum atomic E-state index is -0.406. The van der Waals surface area contributed by atoms with E-state index in [0.717, 1.165) is 39.0 Å². The van der Waals surface area contributed by atoms with Gasteiger partial charge in [0.15, 0.2) is 0 Å². The molecule has 0 bridgehead atoms. The standard InChI is InChI=1S/C12H24N2O/c1-3-14-9-6-12(15,7-10-14)11-5-4-8-13(11)2/h11,15H,3-10H2,1-2H3/t11-/m1/s1. The van der Waals surface area contributed by atoms with E-state index in [-0.39, 0.29) is 0 Å². The van der Waals surface area contributed by atoms with Crippen molar-refractivity contribution in [3.05, 3.63) is 0 Å². The lowest BCUT2D eigenvalue weighted by atomic mass is 9.83. The van der Waals surface area contributed by atoms with Crippen LogP contribution >= 0.6 is 0 Å². The Hall–Kier alpha value is -0.120.